The van der Waals surface area contributed by atoms with Crippen LogP contribution in [0.5, 0.6) is 5.75 Å². The van der Waals surface area contributed by atoms with Gasteiger partial charge in [0, 0.05) is 6.07 Å². The van der Waals surface area contributed by atoms with Crippen LogP contribution in [0.25, 0.3) is 0 Å². The second-order valence-corrected chi connectivity index (χ2v) is 3.77. The first-order chi connectivity index (χ1) is 7.15. The van der Waals surface area contributed by atoms with Crippen molar-refractivity contribution >= 4 is 17.3 Å². The van der Waals surface area contributed by atoms with Gasteiger partial charge in [-0.1, -0.05) is 31.4 Å². The number of halogens is 2. The Hall–Kier alpha value is -0.960. The molecule has 0 aromatic heterocycles. The lowest BCUT2D eigenvalue weighted by Gasteiger charge is -2.09. The maximum atomic E-state index is 13.1. The monoisotopic (exact) mass is 231 g/mol. The van der Waals surface area contributed by atoms with Gasteiger partial charge in [0.2, 0.25) is 0 Å². The van der Waals surface area contributed by atoms with Gasteiger partial charge in [-0.2, -0.15) is 0 Å². The molecule has 4 heteroatoms. The number of hydrogen-bond acceptors (Lipinski definition) is 2. The van der Waals surface area contributed by atoms with Crippen LogP contribution in [0, 0.1) is 5.82 Å². The zero-order valence-electron chi connectivity index (χ0n) is 8.72. The molecule has 0 saturated carbocycles. The Labute approximate surface area is 94.2 Å². The second-order valence-electron chi connectivity index (χ2n) is 3.36. The van der Waals surface area contributed by atoms with Crippen molar-refractivity contribution in [3.05, 3.63) is 23.0 Å². The van der Waals surface area contributed by atoms with E-state index in [1.807, 2.05) is 0 Å². The van der Waals surface area contributed by atoms with Crippen molar-refractivity contribution < 1.29 is 9.13 Å². The van der Waals surface area contributed by atoms with Crippen molar-refractivity contribution in [1.29, 1.82) is 0 Å². The predicted octanol–water partition coefficient (Wildman–Crippen LogP) is 3.63. The minimum absolute atomic E-state index is 0.0217. The first-order valence-corrected chi connectivity index (χ1v) is 5.40. The summed E-state index contributed by atoms with van der Waals surface area (Å²) >= 11 is 5.56. The molecule has 1 aromatic carbocycles. The van der Waals surface area contributed by atoms with E-state index in [0.29, 0.717) is 18.0 Å². The van der Waals surface area contributed by atoms with Crippen LogP contribution in [-0.4, -0.2) is 6.61 Å². The molecular formula is C11H15ClFNO. The molecule has 84 valence electrons. The molecule has 0 fully saturated rings. The summed E-state index contributed by atoms with van der Waals surface area (Å²) in [4.78, 5) is 0. The molecule has 2 nitrogen and oxygen atoms in total. The van der Waals surface area contributed by atoms with E-state index in [1.54, 1.807) is 0 Å². The molecule has 0 amide bonds. The number of nitrogen functional groups attached to an aromatic ring is 1. The number of ether oxygens (including phenoxy) is 1. The smallest absolute Gasteiger partial charge is 0.145 e. The van der Waals surface area contributed by atoms with Gasteiger partial charge in [-0.15, -0.1) is 0 Å². The minimum Gasteiger partial charge on any atom is -0.491 e. The van der Waals surface area contributed by atoms with Crippen molar-refractivity contribution in [2.24, 2.45) is 0 Å². The van der Waals surface area contributed by atoms with Crippen molar-refractivity contribution in [3.63, 3.8) is 0 Å². The largest absolute Gasteiger partial charge is 0.491 e. The summed E-state index contributed by atoms with van der Waals surface area (Å²) in [5, 5.41) is 0.0217. The van der Waals surface area contributed by atoms with Crippen LogP contribution in [0.15, 0.2) is 12.1 Å². The lowest BCUT2D eigenvalue weighted by molar-refractivity contribution is 0.306. The highest BCUT2D eigenvalue weighted by molar-refractivity contribution is 6.31. The number of nitrogens with two attached hydrogens (primary N) is 1. The Kier molecular flexibility index (Phi) is 4.69. The molecule has 1 aromatic rings. The maximum absolute atomic E-state index is 13.1. The van der Waals surface area contributed by atoms with Crippen LogP contribution in [0.4, 0.5) is 10.1 Å². The molecule has 15 heavy (non-hydrogen) atoms. The Balaban J connectivity index is 2.57. The molecule has 0 radical (unpaired) electrons. The van der Waals surface area contributed by atoms with Gasteiger partial charge in [-0.05, 0) is 12.5 Å². The van der Waals surface area contributed by atoms with Gasteiger partial charge in [0.05, 0.1) is 17.3 Å². The highest BCUT2D eigenvalue weighted by Gasteiger charge is 2.06. The van der Waals surface area contributed by atoms with Crippen molar-refractivity contribution in [2.45, 2.75) is 26.2 Å². The molecule has 0 spiro atoms. The fourth-order valence-electron chi connectivity index (χ4n) is 1.20. The third kappa shape index (κ3) is 3.59. The van der Waals surface area contributed by atoms with Crippen molar-refractivity contribution in [3.8, 4) is 5.75 Å². The van der Waals surface area contributed by atoms with Crippen molar-refractivity contribution in [2.75, 3.05) is 12.3 Å². The summed E-state index contributed by atoms with van der Waals surface area (Å²) in [5.41, 5.74) is 6.00. The van der Waals surface area contributed by atoms with Gasteiger partial charge in [0.1, 0.15) is 11.6 Å². The van der Waals surface area contributed by atoms with Crippen LogP contribution >= 0.6 is 11.6 Å². The van der Waals surface area contributed by atoms with Gasteiger partial charge in [-0.3, -0.25) is 0 Å². The van der Waals surface area contributed by atoms with Crippen LogP contribution in [-0.2, 0) is 0 Å². The first kappa shape index (κ1) is 12.1. The number of hydrogen-bond donors (Lipinski definition) is 1. The molecular weight excluding hydrogens is 217 g/mol. The third-order valence-electron chi connectivity index (χ3n) is 2.06. The molecule has 0 unspecified atom stereocenters. The second kappa shape index (κ2) is 5.81. The number of rotatable bonds is 5. The van der Waals surface area contributed by atoms with Gasteiger partial charge in [0.25, 0.3) is 0 Å². The standard InChI is InChI=1S/C11H15ClFNO/c1-2-3-4-5-15-11-7-9(13)8(12)6-10(11)14/h6-7H,2-5,14H2,1H3. The van der Waals surface area contributed by atoms with E-state index in [1.165, 1.54) is 12.1 Å². The van der Waals surface area contributed by atoms with Crippen LogP contribution in [0.1, 0.15) is 26.2 Å². The molecule has 0 aliphatic rings. The predicted molar refractivity (Wildman–Crippen MR) is 60.8 cm³/mol. The minimum atomic E-state index is -0.503. The fraction of sp³-hybridized carbons (Fsp3) is 0.455. The summed E-state index contributed by atoms with van der Waals surface area (Å²) in [6.07, 6.45) is 3.16. The van der Waals surface area contributed by atoms with Crippen LogP contribution < -0.4 is 10.5 Å². The lowest BCUT2D eigenvalue weighted by atomic mass is 10.2. The lowest BCUT2D eigenvalue weighted by Crippen LogP contribution is -2.01. The average molecular weight is 232 g/mol. The topological polar surface area (TPSA) is 35.2 Å². The van der Waals surface area contributed by atoms with Gasteiger partial charge >= 0.3 is 0 Å². The van der Waals surface area contributed by atoms with Crippen molar-refractivity contribution in [1.82, 2.24) is 0 Å². The number of unbranched alkanes of at least 4 members (excludes halogenated alkanes) is 2. The van der Waals surface area contributed by atoms with E-state index in [-0.39, 0.29) is 5.02 Å². The summed E-state index contributed by atoms with van der Waals surface area (Å²) in [6, 6.07) is 2.59. The molecule has 0 bridgehead atoms. The Bertz CT molecular complexity index is 331. The van der Waals surface area contributed by atoms with E-state index < -0.39 is 5.82 Å². The van der Waals surface area contributed by atoms with E-state index in [2.05, 4.69) is 6.92 Å². The number of benzene rings is 1. The molecule has 1 rings (SSSR count). The summed E-state index contributed by atoms with van der Waals surface area (Å²) < 4.78 is 18.4. The molecule has 0 heterocycles. The molecule has 0 aliphatic heterocycles. The molecule has 0 saturated heterocycles. The zero-order chi connectivity index (χ0) is 11.3. The quantitative estimate of drug-likeness (QED) is 0.620. The SMILES string of the molecule is CCCCCOc1cc(F)c(Cl)cc1N. The van der Waals surface area contributed by atoms with Crippen LogP contribution in [0.2, 0.25) is 5.02 Å². The van der Waals surface area contributed by atoms with E-state index in [0.717, 1.165) is 19.3 Å². The van der Waals surface area contributed by atoms with Gasteiger partial charge in [0.15, 0.2) is 0 Å². The van der Waals surface area contributed by atoms with E-state index in [4.69, 9.17) is 22.1 Å². The summed E-state index contributed by atoms with van der Waals surface area (Å²) in [7, 11) is 0. The molecule has 0 aliphatic carbocycles. The third-order valence-corrected chi connectivity index (χ3v) is 2.35. The normalized spacial score (nSPS) is 10.3. The van der Waals surface area contributed by atoms with E-state index >= 15 is 0 Å². The van der Waals surface area contributed by atoms with E-state index in [9.17, 15) is 4.39 Å². The summed E-state index contributed by atoms with van der Waals surface area (Å²) in [6.45, 7) is 2.66. The fourth-order valence-corrected chi connectivity index (χ4v) is 1.38. The zero-order valence-corrected chi connectivity index (χ0v) is 9.48. The number of anilines is 1. The van der Waals surface area contributed by atoms with Crippen LogP contribution in [0.3, 0.4) is 0 Å². The highest BCUT2D eigenvalue weighted by atomic mass is 35.5. The Morgan fingerprint density at radius 2 is 2.13 bits per heavy atom. The maximum Gasteiger partial charge on any atom is 0.145 e. The van der Waals surface area contributed by atoms with Gasteiger partial charge in [-0.25, -0.2) is 4.39 Å². The summed E-state index contributed by atoms with van der Waals surface area (Å²) in [5.74, 6) is -0.135. The Morgan fingerprint density at radius 1 is 1.40 bits per heavy atom. The first-order valence-electron chi connectivity index (χ1n) is 5.02. The average Bonchev–Trinajstić information content (AvgIpc) is 2.20. The molecule has 2 N–H and O–H groups in total. The Morgan fingerprint density at radius 3 is 2.80 bits per heavy atom. The van der Waals surface area contributed by atoms with Gasteiger partial charge < -0.3 is 10.5 Å². The molecule has 0 atom stereocenters. The highest BCUT2D eigenvalue weighted by Crippen LogP contribution is 2.28.